The molecule has 1 fully saturated rings. The zero-order chi connectivity index (χ0) is 21.4. The number of hydrogen-bond acceptors (Lipinski definition) is 6. The van der Waals surface area contributed by atoms with Crippen LogP contribution < -0.4 is 10.0 Å². The van der Waals surface area contributed by atoms with E-state index in [-0.39, 0.29) is 16.7 Å². The first-order valence-electron chi connectivity index (χ1n) is 9.52. The number of benzene rings is 1. The average molecular weight is 426 g/mol. The van der Waals surface area contributed by atoms with Crippen molar-refractivity contribution in [1.82, 2.24) is 9.62 Å². The maximum atomic E-state index is 12.2. The van der Waals surface area contributed by atoms with Crippen molar-refractivity contribution in [3.63, 3.8) is 0 Å². The Labute approximate surface area is 170 Å². The Kier molecular flexibility index (Phi) is 8.15. The third kappa shape index (κ3) is 7.82. The summed E-state index contributed by atoms with van der Waals surface area (Å²) in [6, 6.07) is 5.50. The summed E-state index contributed by atoms with van der Waals surface area (Å²) >= 11 is 0. The van der Waals surface area contributed by atoms with Gasteiger partial charge in [0, 0.05) is 25.7 Å². The summed E-state index contributed by atoms with van der Waals surface area (Å²) < 4.78 is 31.6. The van der Waals surface area contributed by atoms with Crippen LogP contribution in [0.5, 0.6) is 0 Å². The molecular formula is C19H27N3O6S. The number of nitrogens with one attached hydrogen (secondary N) is 2. The summed E-state index contributed by atoms with van der Waals surface area (Å²) in [6.07, 6.45) is 3.04. The summed E-state index contributed by atoms with van der Waals surface area (Å²) in [5, 5.41) is 2.53. The van der Waals surface area contributed by atoms with Crippen LogP contribution in [0.25, 0.3) is 0 Å². The number of hydrogen-bond donors (Lipinski definition) is 2. The van der Waals surface area contributed by atoms with Crippen molar-refractivity contribution in [3.05, 3.63) is 24.3 Å². The van der Waals surface area contributed by atoms with Crippen molar-refractivity contribution in [2.24, 2.45) is 5.92 Å². The van der Waals surface area contributed by atoms with Gasteiger partial charge in [0.1, 0.15) is 6.54 Å². The van der Waals surface area contributed by atoms with E-state index >= 15 is 0 Å². The van der Waals surface area contributed by atoms with Crippen molar-refractivity contribution >= 4 is 33.5 Å². The van der Waals surface area contributed by atoms with Crippen molar-refractivity contribution < 1.29 is 27.5 Å². The third-order valence-corrected chi connectivity index (χ3v) is 5.69. The van der Waals surface area contributed by atoms with Crippen molar-refractivity contribution in [3.8, 4) is 0 Å². The molecule has 1 saturated carbocycles. The number of anilines is 1. The molecule has 0 radical (unpaired) electrons. The molecule has 1 aliphatic carbocycles. The lowest BCUT2D eigenvalue weighted by atomic mass is 10.3. The van der Waals surface area contributed by atoms with E-state index in [9.17, 15) is 22.8 Å². The van der Waals surface area contributed by atoms with Crippen LogP contribution in [-0.4, -0.2) is 57.3 Å². The predicted molar refractivity (Wildman–Crippen MR) is 106 cm³/mol. The number of sulfonamides is 1. The number of nitrogens with zero attached hydrogens (tertiary/aromatic N) is 1. The van der Waals surface area contributed by atoms with Crippen molar-refractivity contribution in [2.75, 3.05) is 31.6 Å². The standard InChI is InChI=1S/C19H27N3O6S/c1-3-10-22(12-15-4-5-15)18(24)13-28-19(25)11-20-29(26,27)17-8-6-16(7-9-17)21-14(2)23/h6-9,15,20H,3-5,10-13H2,1-2H3,(H,21,23). The van der Waals surface area contributed by atoms with Gasteiger partial charge in [0.15, 0.2) is 6.61 Å². The van der Waals surface area contributed by atoms with E-state index < -0.39 is 29.1 Å². The first-order valence-corrected chi connectivity index (χ1v) is 11.0. The largest absolute Gasteiger partial charge is 0.455 e. The fourth-order valence-corrected chi connectivity index (χ4v) is 3.61. The molecule has 2 N–H and O–H groups in total. The summed E-state index contributed by atoms with van der Waals surface area (Å²) in [6.45, 7) is 3.60. The summed E-state index contributed by atoms with van der Waals surface area (Å²) in [5.41, 5.74) is 0.456. The molecule has 9 nitrogen and oxygen atoms in total. The number of carbonyl (C=O) groups is 3. The molecule has 0 aromatic heterocycles. The minimum Gasteiger partial charge on any atom is -0.455 e. The Bertz CT molecular complexity index is 834. The normalized spacial score (nSPS) is 13.6. The van der Waals surface area contributed by atoms with E-state index in [0.717, 1.165) is 19.3 Å². The van der Waals surface area contributed by atoms with Crippen LogP contribution in [0.4, 0.5) is 5.69 Å². The van der Waals surface area contributed by atoms with Gasteiger partial charge in [-0.3, -0.25) is 14.4 Å². The number of ether oxygens (including phenoxy) is 1. The van der Waals surface area contributed by atoms with Gasteiger partial charge in [-0.1, -0.05) is 6.92 Å². The van der Waals surface area contributed by atoms with Gasteiger partial charge in [-0.05, 0) is 49.4 Å². The monoisotopic (exact) mass is 425 g/mol. The molecule has 1 aliphatic rings. The Morgan fingerprint density at radius 3 is 2.38 bits per heavy atom. The second-order valence-corrected chi connectivity index (χ2v) is 8.74. The highest BCUT2D eigenvalue weighted by atomic mass is 32.2. The lowest BCUT2D eigenvalue weighted by molar-refractivity contribution is -0.151. The lowest BCUT2D eigenvalue weighted by Crippen LogP contribution is -2.38. The van der Waals surface area contributed by atoms with Gasteiger partial charge in [0.25, 0.3) is 5.91 Å². The SMILES string of the molecule is CCCN(CC1CC1)C(=O)COC(=O)CNS(=O)(=O)c1ccc(NC(C)=O)cc1. The molecule has 160 valence electrons. The predicted octanol–water partition coefficient (Wildman–Crippen LogP) is 1.12. The van der Waals surface area contributed by atoms with Gasteiger partial charge < -0.3 is 15.0 Å². The van der Waals surface area contributed by atoms with Crippen LogP contribution in [0.1, 0.15) is 33.1 Å². The Morgan fingerprint density at radius 1 is 1.17 bits per heavy atom. The quantitative estimate of drug-likeness (QED) is 0.512. The lowest BCUT2D eigenvalue weighted by Gasteiger charge is -2.21. The Balaban J connectivity index is 1.80. The van der Waals surface area contributed by atoms with Crippen LogP contribution in [0, 0.1) is 5.92 Å². The number of amides is 2. The highest BCUT2D eigenvalue weighted by Gasteiger charge is 2.27. The first-order chi connectivity index (χ1) is 13.7. The van der Waals surface area contributed by atoms with E-state index in [1.165, 1.54) is 31.2 Å². The molecule has 0 spiro atoms. The van der Waals surface area contributed by atoms with Gasteiger partial charge >= 0.3 is 5.97 Å². The number of rotatable bonds is 11. The third-order valence-electron chi connectivity index (χ3n) is 4.27. The molecule has 1 aromatic rings. The fraction of sp³-hybridized carbons (Fsp3) is 0.526. The highest BCUT2D eigenvalue weighted by Crippen LogP contribution is 2.29. The zero-order valence-electron chi connectivity index (χ0n) is 16.6. The van der Waals surface area contributed by atoms with Crippen LogP contribution in [0.15, 0.2) is 29.2 Å². The van der Waals surface area contributed by atoms with Gasteiger partial charge in [-0.25, -0.2) is 8.42 Å². The summed E-state index contributed by atoms with van der Waals surface area (Å²) in [4.78, 5) is 36.7. The molecule has 2 amide bonds. The first kappa shape index (κ1) is 22.8. The van der Waals surface area contributed by atoms with Crippen LogP contribution in [0.3, 0.4) is 0 Å². The maximum Gasteiger partial charge on any atom is 0.321 e. The Hall–Kier alpha value is -2.46. The van der Waals surface area contributed by atoms with Gasteiger partial charge in [0.05, 0.1) is 4.90 Å². The zero-order valence-corrected chi connectivity index (χ0v) is 17.5. The maximum absolute atomic E-state index is 12.2. The smallest absolute Gasteiger partial charge is 0.321 e. The van der Waals surface area contributed by atoms with Crippen LogP contribution >= 0.6 is 0 Å². The molecule has 1 aromatic carbocycles. The minimum atomic E-state index is -3.93. The van der Waals surface area contributed by atoms with Crippen molar-refractivity contribution in [2.45, 2.75) is 38.0 Å². The molecule has 10 heteroatoms. The summed E-state index contributed by atoms with van der Waals surface area (Å²) in [5.74, 6) is -0.848. The molecule has 2 rings (SSSR count). The van der Waals surface area contributed by atoms with E-state index in [0.29, 0.717) is 24.7 Å². The van der Waals surface area contributed by atoms with E-state index in [1.54, 1.807) is 4.90 Å². The van der Waals surface area contributed by atoms with Crippen LogP contribution in [-0.2, 0) is 29.1 Å². The van der Waals surface area contributed by atoms with Gasteiger partial charge in [-0.15, -0.1) is 0 Å². The fourth-order valence-electron chi connectivity index (χ4n) is 2.64. The highest BCUT2D eigenvalue weighted by molar-refractivity contribution is 7.89. The van der Waals surface area contributed by atoms with Crippen molar-refractivity contribution in [1.29, 1.82) is 0 Å². The van der Waals surface area contributed by atoms with E-state index in [4.69, 9.17) is 4.74 Å². The van der Waals surface area contributed by atoms with E-state index in [2.05, 4.69) is 10.0 Å². The molecule has 0 bridgehead atoms. The Morgan fingerprint density at radius 2 is 1.83 bits per heavy atom. The molecular weight excluding hydrogens is 398 g/mol. The van der Waals surface area contributed by atoms with E-state index in [1.807, 2.05) is 6.92 Å². The molecule has 0 aliphatic heterocycles. The molecule has 0 saturated heterocycles. The average Bonchev–Trinajstić information content (AvgIpc) is 3.48. The van der Waals surface area contributed by atoms with Crippen LogP contribution in [0.2, 0.25) is 0 Å². The van der Waals surface area contributed by atoms with Gasteiger partial charge in [-0.2, -0.15) is 4.72 Å². The topological polar surface area (TPSA) is 122 Å². The number of carbonyl (C=O) groups excluding carboxylic acids is 3. The van der Waals surface area contributed by atoms with Gasteiger partial charge in [0.2, 0.25) is 15.9 Å². The molecule has 0 atom stereocenters. The summed E-state index contributed by atoms with van der Waals surface area (Å²) in [7, 11) is -3.93. The minimum absolute atomic E-state index is 0.0611. The molecule has 29 heavy (non-hydrogen) atoms. The second kappa shape index (κ2) is 10.4. The molecule has 0 heterocycles. The second-order valence-electron chi connectivity index (χ2n) is 6.97. The number of esters is 1. The molecule has 0 unspecified atom stereocenters.